The summed E-state index contributed by atoms with van der Waals surface area (Å²) >= 11 is 13.4. The van der Waals surface area contributed by atoms with Crippen LogP contribution in [0, 0.1) is 0 Å². The molecule has 0 unspecified atom stereocenters. The highest BCUT2D eigenvalue weighted by Crippen LogP contribution is 2.32. The smallest absolute Gasteiger partial charge is 0.261 e. The minimum absolute atomic E-state index is 0.196. The predicted molar refractivity (Wildman–Crippen MR) is 106 cm³/mol. The molecule has 0 bridgehead atoms. The van der Waals surface area contributed by atoms with Crippen LogP contribution >= 0.6 is 34.5 Å². The summed E-state index contributed by atoms with van der Waals surface area (Å²) < 4.78 is 0. The summed E-state index contributed by atoms with van der Waals surface area (Å²) in [5.74, 6) is -0.694. The van der Waals surface area contributed by atoms with Crippen LogP contribution in [0.25, 0.3) is 10.4 Å². The Morgan fingerprint density at radius 3 is 2.42 bits per heavy atom. The van der Waals surface area contributed by atoms with Gasteiger partial charge in [0.05, 0.1) is 4.88 Å². The first-order valence-electron chi connectivity index (χ1n) is 7.65. The summed E-state index contributed by atoms with van der Waals surface area (Å²) in [7, 11) is 0. The minimum atomic E-state index is -0.499. The van der Waals surface area contributed by atoms with Gasteiger partial charge in [-0.1, -0.05) is 35.3 Å². The van der Waals surface area contributed by atoms with E-state index in [1.54, 1.807) is 42.5 Å². The zero-order valence-corrected chi connectivity index (χ0v) is 15.8. The number of rotatable bonds is 5. The van der Waals surface area contributed by atoms with E-state index in [2.05, 4.69) is 5.32 Å². The molecule has 0 saturated heterocycles. The van der Waals surface area contributed by atoms with Gasteiger partial charge in [-0.2, -0.15) is 0 Å². The normalized spacial score (nSPS) is 10.5. The number of carbonyl (C=O) groups is 2. The van der Waals surface area contributed by atoms with Crippen molar-refractivity contribution in [2.75, 3.05) is 0 Å². The second-order valence-electron chi connectivity index (χ2n) is 5.57. The number of hydrogen-bond donors (Lipinski definition) is 2. The number of primary amides is 1. The quantitative estimate of drug-likeness (QED) is 0.643. The van der Waals surface area contributed by atoms with Crippen molar-refractivity contribution in [2.24, 2.45) is 5.73 Å². The molecule has 0 atom stereocenters. The first-order valence-corrected chi connectivity index (χ1v) is 9.23. The van der Waals surface area contributed by atoms with Crippen molar-refractivity contribution < 1.29 is 9.59 Å². The van der Waals surface area contributed by atoms with E-state index in [0.717, 1.165) is 16.0 Å². The van der Waals surface area contributed by atoms with Crippen molar-refractivity contribution in [3.63, 3.8) is 0 Å². The van der Waals surface area contributed by atoms with Gasteiger partial charge in [-0.3, -0.25) is 9.59 Å². The van der Waals surface area contributed by atoms with Crippen LogP contribution in [-0.2, 0) is 6.54 Å². The molecule has 1 aromatic heterocycles. The fraction of sp³-hybridized carbons (Fsp3) is 0.0526. The lowest BCUT2D eigenvalue weighted by Gasteiger charge is -2.05. The number of hydrogen-bond acceptors (Lipinski definition) is 3. The molecule has 1 heterocycles. The van der Waals surface area contributed by atoms with E-state index < -0.39 is 5.91 Å². The minimum Gasteiger partial charge on any atom is -0.366 e. The Hall–Kier alpha value is -2.34. The number of nitrogens with two attached hydrogens (primary N) is 1. The van der Waals surface area contributed by atoms with Crippen molar-refractivity contribution in [1.29, 1.82) is 0 Å². The maximum atomic E-state index is 12.4. The van der Waals surface area contributed by atoms with Crippen LogP contribution in [0.2, 0.25) is 10.0 Å². The van der Waals surface area contributed by atoms with E-state index in [1.807, 2.05) is 12.1 Å². The van der Waals surface area contributed by atoms with Gasteiger partial charge in [-0.25, -0.2) is 0 Å². The Morgan fingerprint density at radius 2 is 1.73 bits per heavy atom. The maximum absolute atomic E-state index is 12.4. The molecule has 2 amide bonds. The predicted octanol–water partition coefficient (Wildman–Crippen LogP) is 4.75. The number of thiophene rings is 1. The van der Waals surface area contributed by atoms with E-state index in [1.165, 1.54) is 11.3 Å². The third kappa shape index (κ3) is 4.43. The average Bonchev–Trinajstić information content (AvgIpc) is 3.09. The molecule has 7 heteroatoms. The number of carbonyl (C=O) groups excluding carboxylic acids is 2. The molecule has 2 aromatic carbocycles. The van der Waals surface area contributed by atoms with Crippen LogP contribution in [0.1, 0.15) is 25.6 Å². The second kappa shape index (κ2) is 7.91. The van der Waals surface area contributed by atoms with Crippen molar-refractivity contribution in [3.05, 3.63) is 80.6 Å². The zero-order chi connectivity index (χ0) is 18.7. The maximum Gasteiger partial charge on any atom is 0.261 e. The molecule has 0 spiro atoms. The van der Waals surface area contributed by atoms with E-state index in [9.17, 15) is 9.59 Å². The molecule has 3 aromatic rings. The summed E-state index contributed by atoms with van der Waals surface area (Å²) in [6, 6.07) is 15.7. The monoisotopic (exact) mass is 404 g/mol. The first-order chi connectivity index (χ1) is 12.4. The van der Waals surface area contributed by atoms with E-state index in [-0.39, 0.29) is 5.91 Å². The zero-order valence-electron chi connectivity index (χ0n) is 13.5. The highest BCUT2D eigenvalue weighted by molar-refractivity contribution is 7.17. The summed E-state index contributed by atoms with van der Waals surface area (Å²) in [5, 5.41) is 3.92. The van der Waals surface area contributed by atoms with Crippen LogP contribution in [0.4, 0.5) is 0 Å². The highest BCUT2D eigenvalue weighted by Gasteiger charge is 2.11. The number of benzene rings is 2. The molecule has 0 aliphatic rings. The fourth-order valence-corrected chi connectivity index (χ4v) is 3.85. The molecule has 0 fully saturated rings. The Kier molecular flexibility index (Phi) is 5.61. The summed E-state index contributed by atoms with van der Waals surface area (Å²) in [6.07, 6.45) is 0. The number of nitrogens with one attached hydrogen (secondary N) is 1. The molecule has 3 N–H and O–H groups in total. The SMILES string of the molecule is NC(=O)c1cccc(CNC(=O)c2ccc(-c3cc(Cl)cc(Cl)c3)s2)c1. The fourth-order valence-electron chi connectivity index (χ4n) is 2.42. The number of amides is 2. The Bertz CT molecular complexity index is 965. The third-order valence-electron chi connectivity index (χ3n) is 3.64. The van der Waals surface area contributed by atoms with Gasteiger partial charge in [0.2, 0.25) is 5.91 Å². The Balaban J connectivity index is 1.70. The standard InChI is InChI=1S/C19H14Cl2N2O2S/c20-14-7-13(8-15(21)9-14)16-4-5-17(26-16)19(25)23-10-11-2-1-3-12(6-11)18(22)24/h1-9H,10H2,(H2,22,24)(H,23,25). The van der Waals surface area contributed by atoms with Gasteiger partial charge >= 0.3 is 0 Å². The van der Waals surface area contributed by atoms with Crippen molar-refractivity contribution in [2.45, 2.75) is 6.54 Å². The molecule has 132 valence electrons. The van der Waals surface area contributed by atoms with Crippen molar-refractivity contribution in [3.8, 4) is 10.4 Å². The lowest BCUT2D eigenvalue weighted by Crippen LogP contribution is -2.22. The third-order valence-corrected chi connectivity index (χ3v) is 5.21. The van der Waals surface area contributed by atoms with Crippen LogP contribution in [0.15, 0.2) is 54.6 Å². The average molecular weight is 405 g/mol. The van der Waals surface area contributed by atoms with E-state index in [0.29, 0.717) is 27.0 Å². The van der Waals surface area contributed by atoms with Gasteiger partial charge in [-0.05, 0) is 53.6 Å². The molecule has 0 aliphatic carbocycles. The molecule has 3 rings (SSSR count). The number of halogens is 2. The van der Waals surface area contributed by atoms with Crippen molar-refractivity contribution in [1.82, 2.24) is 5.32 Å². The van der Waals surface area contributed by atoms with E-state index >= 15 is 0 Å². The second-order valence-corrected chi connectivity index (χ2v) is 7.53. The lowest BCUT2D eigenvalue weighted by atomic mass is 10.1. The van der Waals surface area contributed by atoms with Crippen LogP contribution in [0.5, 0.6) is 0 Å². The molecule has 4 nitrogen and oxygen atoms in total. The van der Waals surface area contributed by atoms with Gasteiger partial charge in [0, 0.05) is 27.0 Å². The lowest BCUT2D eigenvalue weighted by molar-refractivity contribution is 0.0954. The molecule has 0 radical (unpaired) electrons. The topological polar surface area (TPSA) is 72.2 Å². The first kappa shape index (κ1) is 18.5. The highest BCUT2D eigenvalue weighted by atomic mass is 35.5. The molecule has 26 heavy (non-hydrogen) atoms. The van der Waals surface area contributed by atoms with Gasteiger partial charge < -0.3 is 11.1 Å². The van der Waals surface area contributed by atoms with Gasteiger partial charge in [0.25, 0.3) is 5.91 Å². The molecular weight excluding hydrogens is 391 g/mol. The van der Waals surface area contributed by atoms with Crippen LogP contribution < -0.4 is 11.1 Å². The summed E-state index contributed by atoms with van der Waals surface area (Å²) in [5.41, 5.74) is 7.34. The van der Waals surface area contributed by atoms with Gasteiger partial charge in [-0.15, -0.1) is 11.3 Å². The van der Waals surface area contributed by atoms with Crippen molar-refractivity contribution >= 4 is 46.4 Å². The summed E-state index contributed by atoms with van der Waals surface area (Å²) in [4.78, 5) is 25.1. The van der Waals surface area contributed by atoms with Gasteiger partial charge in [0.15, 0.2) is 0 Å². The van der Waals surface area contributed by atoms with Crippen LogP contribution in [-0.4, -0.2) is 11.8 Å². The largest absolute Gasteiger partial charge is 0.366 e. The molecule has 0 saturated carbocycles. The molecule has 0 aliphatic heterocycles. The Labute approximate surface area is 164 Å². The Morgan fingerprint density at radius 1 is 1.00 bits per heavy atom. The summed E-state index contributed by atoms with van der Waals surface area (Å²) in [6.45, 7) is 0.302. The van der Waals surface area contributed by atoms with Crippen LogP contribution in [0.3, 0.4) is 0 Å². The van der Waals surface area contributed by atoms with E-state index in [4.69, 9.17) is 28.9 Å². The van der Waals surface area contributed by atoms with Gasteiger partial charge in [0.1, 0.15) is 0 Å². The molecular formula is C19H14Cl2N2O2S.